The molecule has 0 atom stereocenters. The number of benzene rings is 1. The molecule has 1 heteroatoms. The van der Waals surface area contributed by atoms with Crippen LogP contribution in [0.5, 0.6) is 0 Å². The molecule has 2 rings (SSSR count). The number of fused-ring (bicyclic) bond motifs is 1. The minimum atomic E-state index is 1.08. The van der Waals surface area contributed by atoms with Crippen molar-refractivity contribution in [2.45, 2.75) is 0 Å². The summed E-state index contributed by atoms with van der Waals surface area (Å²) in [4.78, 5) is 0. The lowest BCUT2D eigenvalue weighted by molar-refractivity contribution is 1.76. The first-order chi connectivity index (χ1) is 5.40. The molecule has 0 aliphatic heterocycles. The second-order valence-electron chi connectivity index (χ2n) is 2.43. The molecule has 1 aromatic heterocycles. The molecule has 0 amide bonds. The van der Waals surface area contributed by atoms with E-state index in [9.17, 15) is 0 Å². The first kappa shape index (κ1) is 6.62. The molecule has 0 unspecified atom stereocenters. The average molecular weight is 159 g/mol. The van der Waals surface area contributed by atoms with Crippen molar-refractivity contribution in [1.82, 2.24) is 0 Å². The Morgan fingerprint density at radius 3 is 2.82 bits per heavy atom. The van der Waals surface area contributed by atoms with Crippen molar-refractivity contribution in [2.75, 3.05) is 0 Å². The summed E-state index contributed by atoms with van der Waals surface area (Å²) in [5, 5.41) is 6.83. The van der Waals surface area contributed by atoms with Crippen LogP contribution in [0.3, 0.4) is 0 Å². The van der Waals surface area contributed by atoms with Crippen molar-refractivity contribution >= 4 is 28.2 Å². The number of hydrogen-bond acceptors (Lipinski definition) is 1. The second kappa shape index (κ2) is 2.51. The van der Waals surface area contributed by atoms with Gasteiger partial charge in [-0.05, 0) is 33.2 Å². The molecule has 0 nitrogen and oxygen atoms in total. The predicted octanol–water partition coefficient (Wildman–Crippen LogP) is 3.35. The molecule has 2 aromatic rings. The maximum Gasteiger partial charge on any atom is -0.00143 e. The highest BCUT2D eigenvalue weighted by Crippen LogP contribution is 2.20. The van der Waals surface area contributed by atoms with E-state index in [-0.39, 0.29) is 0 Å². The molecular formula is C10H7S. The third-order valence-corrected chi connectivity index (χ3v) is 2.47. The maximum absolute atomic E-state index is 5.39. The van der Waals surface area contributed by atoms with E-state index >= 15 is 0 Å². The fourth-order valence-electron chi connectivity index (χ4n) is 1.09. The van der Waals surface area contributed by atoms with Gasteiger partial charge in [0.15, 0.2) is 0 Å². The Balaban J connectivity index is 2.76. The molecular weight excluding hydrogens is 152 g/mol. The minimum Gasteiger partial charge on any atom is -0.151 e. The highest BCUT2D eigenvalue weighted by Gasteiger charge is 1.92. The summed E-state index contributed by atoms with van der Waals surface area (Å²) in [7, 11) is 0. The highest BCUT2D eigenvalue weighted by atomic mass is 32.1. The van der Waals surface area contributed by atoms with E-state index in [1.807, 2.05) is 6.07 Å². The zero-order valence-corrected chi connectivity index (χ0v) is 6.77. The first-order valence-electron chi connectivity index (χ1n) is 3.41. The fraction of sp³-hybridized carbons (Fsp3) is 0. The fourth-order valence-corrected chi connectivity index (χ4v) is 1.87. The zero-order chi connectivity index (χ0) is 7.68. The zero-order valence-electron chi connectivity index (χ0n) is 5.95. The predicted molar refractivity (Wildman–Crippen MR) is 50.6 cm³/mol. The largest absolute Gasteiger partial charge is 0.151 e. The van der Waals surface area contributed by atoms with E-state index < -0.39 is 0 Å². The monoisotopic (exact) mass is 159 g/mol. The van der Waals surface area contributed by atoms with Gasteiger partial charge in [-0.3, -0.25) is 0 Å². The van der Waals surface area contributed by atoms with Crippen molar-refractivity contribution in [2.24, 2.45) is 0 Å². The molecule has 11 heavy (non-hydrogen) atoms. The summed E-state index contributed by atoms with van der Waals surface area (Å²) in [6.45, 7) is 5.39. The van der Waals surface area contributed by atoms with Gasteiger partial charge in [0.1, 0.15) is 0 Å². The van der Waals surface area contributed by atoms with Crippen LogP contribution in [0.4, 0.5) is 0 Å². The molecule has 0 saturated heterocycles. The Morgan fingerprint density at radius 1 is 1.18 bits per heavy atom. The van der Waals surface area contributed by atoms with Crippen LogP contribution in [0.1, 0.15) is 5.56 Å². The van der Waals surface area contributed by atoms with Gasteiger partial charge in [-0.1, -0.05) is 24.8 Å². The number of thiophene rings is 1. The summed E-state index contributed by atoms with van der Waals surface area (Å²) in [5.74, 6) is 0. The van der Waals surface area contributed by atoms with Crippen LogP contribution in [0.2, 0.25) is 0 Å². The molecule has 1 heterocycles. The van der Waals surface area contributed by atoms with Crippen molar-refractivity contribution in [3.63, 3.8) is 0 Å². The quantitative estimate of drug-likeness (QED) is 0.598. The van der Waals surface area contributed by atoms with E-state index in [0.29, 0.717) is 0 Å². The molecule has 1 radical (unpaired) electrons. The summed E-state index contributed by atoms with van der Waals surface area (Å²) >= 11 is 1.72. The Hall–Kier alpha value is -1.08. The molecule has 0 bridgehead atoms. The Bertz CT molecular complexity index is 384. The van der Waals surface area contributed by atoms with Gasteiger partial charge in [0.2, 0.25) is 0 Å². The molecule has 1 aromatic carbocycles. The number of hydrogen-bond donors (Lipinski definition) is 0. The van der Waals surface area contributed by atoms with Gasteiger partial charge < -0.3 is 0 Å². The van der Waals surface area contributed by atoms with Crippen LogP contribution >= 0.6 is 11.3 Å². The van der Waals surface area contributed by atoms with E-state index in [1.165, 1.54) is 10.8 Å². The lowest BCUT2D eigenvalue weighted by Crippen LogP contribution is -1.68. The van der Waals surface area contributed by atoms with Crippen LogP contribution in [0, 0.1) is 6.58 Å². The lowest BCUT2D eigenvalue weighted by atomic mass is 10.1. The van der Waals surface area contributed by atoms with Gasteiger partial charge in [-0.25, -0.2) is 0 Å². The molecule has 0 saturated carbocycles. The van der Waals surface area contributed by atoms with Gasteiger partial charge in [0, 0.05) is 0 Å². The van der Waals surface area contributed by atoms with Crippen molar-refractivity contribution < 1.29 is 0 Å². The minimum absolute atomic E-state index is 1.08. The van der Waals surface area contributed by atoms with E-state index in [1.54, 1.807) is 17.4 Å². The van der Waals surface area contributed by atoms with Crippen molar-refractivity contribution in [3.05, 3.63) is 41.1 Å². The van der Waals surface area contributed by atoms with Crippen LogP contribution in [-0.4, -0.2) is 0 Å². The Labute approximate surface area is 69.8 Å². The maximum atomic E-state index is 5.39. The highest BCUT2D eigenvalue weighted by molar-refractivity contribution is 7.09. The smallest absolute Gasteiger partial charge is 0.00143 e. The summed E-state index contributed by atoms with van der Waals surface area (Å²) in [6, 6.07) is 6.20. The molecule has 0 aliphatic carbocycles. The lowest BCUT2D eigenvalue weighted by Gasteiger charge is -1.91. The standard InChI is InChI=1S/C10H7S/c1-2-8-3-4-9-6-11-7-10(9)5-8/h1-7H. The van der Waals surface area contributed by atoms with Crippen LogP contribution < -0.4 is 0 Å². The molecule has 53 valence electrons. The average Bonchev–Trinajstić information content (AvgIpc) is 2.50. The van der Waals surface area contributed by atoms with E-state index in [0.717, 1.165) is 5.56 Å². The summed E-state index contributed by atoms with van der Waals surface area (Å²) in [6.07, 6.45) is 1.62. The Morgan fingerprint density at radius 2 is 2.00 bits per heavy atom. The van der Waals surface area contributed by atoms with Gasteiger partial charge in [0.05, 0.1) is 0 Å². The second-order valence-corrected chi connectivity index (χ2v) is 3.17. The van der Waals surface area contributed by atoms with Crippen molar-refractivity contribution in [1.29, 1.82) is 0 Å². The number of rotatable bonds is 1. The molecule has 0 spiro atoms. The van der Waals surface area contributed by atoms with Crippen LogP contribution in [-0.2, 0) is 0 Å². The third-order valence-electron chi connectivity index (χ3n) is 1.69. The molecule has 0 fully saturated rings. The molecule has 0 aliphatic rings. The summed E-state index contributed by atoms with van der Waals surface area (Å²) in [5.41, 5.74) is 1.08. The van der Waals surface area contributed by atoms with Gasteiger partial charge in [0.25, 0.3) is 0 Å². The van der Waals surface area contributed by atoms with Crippen molar-refractivity contribution in [3.8, 4) is 0 Å². The van der Waals surface area contributed by atoms with E-state index in [2.05, 4.69) is 22.9 Å². The van der Waals surface area contributed by atoms with E-state index in [4.69, 9.17) is 6.58 Å². The SMILES string of the molecule is [CH]=Cc1ccc2cscc2c1. The van der Waals surface area contributed by atoms with Gasteiger partial charge >= 0.3 is 0 Å². The third kappa shape index (κ3) is 1.08. The van der Waals surface area contributed by atoms with Gasteiger partial charge in [-0.2, -0.15) is 11.3 Å². The summed E-state index contributed by atoms with van der Waals surface area (Å²) < 4.78 is 0. The molecule has 0 N–H and O–H groups in total. The van der Waals surface area contributed by atoms with Gasteiger partial charge in [-0.15, -0.1) is 0 Å². The van der Waals surface area contributed by atoms with Crippen LogP contribution in [0.25, 0.3) is 16.8 Å². The topological polar surface area (TPSA) is 0 Å². The first-order valence-corrected chi connectivity index (χ1v) is 4.35. The van der Waals surface area contributed by atoms with Crippen LogP contribution in [0.15, 0.2) is 29.0 Å². The Kier molecular flexibility index (Phi) is 1.51. The normalized spacial score (nSPS) is 10.2.